The van der Waals surface area contributed by atoms with Gasteiger partial charge in [0.15, 0.2) is 0 Å². The van der Waals surface area contributed by atoms with Gasteiger partial charge in [-0.05, 0) is 0 Å². The first-order valence-corrected chi connectivity index (χ1v) is 7.80. The second-order valence-electron chi connectivity index (χ2n) is 4.00. The Labute approximate surface area is 113 Å². The molecular weight excluding hydrogens is 326 g/mol. The van der Waals surface area contributed by atoms with E-state index in [9.17, 15) is 32.2 Å². The molecule has 1 fully saturated rings. The monoisotopic (exact) mass is 339 g/mol. The number of hydrogen-bond donors (Lipinski definition) is 7. The molecule has 1 heterocycles. The number of rotatable bonds is 4. The first-order valence-electron chi connectivity index (χ1n) is 4.92. The smallest absolute Gasteiger partial charge is 0.333 e. The molecule has 0 spiro atoms. The lowest BCUT2D eigenvalue weighted by atomic mass is 9.97. The van der Waals surface area contributed by atoms with Crippen molar-refractivity contribution in [3.63, 3.8) is 0 Å². The molecule has 5 atom stereocenters. The van der Waals surface area contributed by atoms with E-state index < -0.39 is 56.5 Å². The Hall–Kier alpha value is -0.420. The normalized spacial score (nSPS) is 39.7. The maximum absolute atomic E-state index is 11.1. The first-order chi connectivity index (χ1) is 8.83. The van der Waals surface area contributed by atoms with Gasteiger partial charge < -0.3 is 25.2 Å². The number of ether oxygens (including phenoxy) is 1. The minimum absolute atomic E-state index is 1.06. The SMILES string of the molecule is O=S(=O)(O)N[C@@H]1[C@@H](O)[C@H](O)[C@@H](CO)O[C@@]1(O)S(=O)(=O)O. The molecule has 0 aromatic rings. The van der Waals surface area contributed by atoms with Gasteiger partial charge in [-0.15, -0.1) is 0 Å². The molecule has 0 aromatic heterocycles. The number of aliphatic hydroxyl groups excluding tert-OH is 3. The van der Waals surface area contributed by atoms with E-state index in [1.807, 2.05) is 0 Å². The quantitative estimate of drug-likeness (QED) is 0.242. The predicted molar refractivity (Wildman–Crippen MR) is 58.9 cm³/mol. The van der Waals surface area contributed by atoms with Gasteiger partial charge >= 0.3 is 25.5 Å². The lowest BCUT2D eigenvalue weighted by molar-refractivity contribution is -0.277. The standard InChI is InChI=1S/C6H13NO11S2/c8-1-2-3(9)4(10)5(7-20(15,16)17)6(11,18-2)19(12,13)14/h2-5,7-11H,1H2,(H,12,13,14)(H,15,16,17)/t2-,3-,4+,5-,6-/m1/s1. The Bertz CT molecular complexity index is 557. The molecule has 0 unspecified atom stereocenters. The molecule has 1 rings (SSSR count). The van der Waals surface area contributed by atoms with Crippen molar-refractivity contribution in [2.75, 3.05) is 6.61 Å². The summed E-state index contributed by atoms with van der Waals surface area (Å²) in [5, 5.41) is 33.9. The van der Waals surface area contributed by atoms with Gasteiger partial charge in [0.1, 0.15) is 24.4 Å². The van der Waals surface area contributed by atoms with Crippen LogP contribution in [-0.2, 0) is 25.2 Å². The zero-order chi connectivity index (χ0) is 15.9. The zero-order valence-electron chi connectivity index (χ0n) is 9.56. The van der Waals surface area contributed by atoms with Gasteiger partial charge in [-0.25, -0.2) is 0 Å². The summed E-state index contributed by atoms with van der Waals surface area (Å²) in [7, 11) is -10.7. The van der Waals surface area contributed by atoms with Gasteiger partial charge in [0, 0.05) is 0 Å². The van der Waals surface area contributed by atoms with E-state index >= 15 is 0 Å². The summed E-state index contributed by atoms with van der Waals surface area (Å²) >= 11 is 0. The lowest BCUT2D eigenvalue weighted by Crippen LogP contribution is -2.72. The van der Waals surface area contributed by atoms with E-state index in [-0.39, 0.29) is 0 Å². The molecule has 120 valence electrons. The van der Waals surface area contributed by atoms with Gasteiger partial charge in [0.2, 0.25) is 0 Å². The Morgan fingerprint density at radius 3 is 1.95 bits per heavy atom. The fourth-order valence-corrected chi connectivity index (χ4v) is 3.12. The van der Waals surface area contributed by atoms with Crippen LogP contribution in [0.3, 0.4) is 0 Å². The van der Waals surface area contributed by atoms with Crippen LogP contribution in [0.4, 0.5) is 0 Å². The minimum Gasteiger partial charge on any atom is -0.394 e. The Kier molecular flexibility index (Phi) is 4.77. The molecule has 1 saturated heterocycles. The summed E-state index contributed by atoms with van der Waals surface area (Å²) < 4.78 is 66.5. The van der Waals surface area contributed by atoms with Crippen molar-refractivity contribution in [2.24, 2.45) is 0 Å². The van der Waals surface area contributed by atoms with Crippen LogP contribution in [0.2, 0.25) is 0 Å². The Balaban J connectivity index is 3.34. The maximum atomic E-state index is 11.1. The van der Waals surface area contributed by atoms with Crippen LogP contribution in [0.25, 0.3) is 0 Å². The summed E-state index contributed by atoms with van der Waals surface area (Å²) in [6, 6.07) is -2.55. The average molecular weight is 339 g/mol. The van der Waals surface area contributed by atoms with E-state index in [2.05, 4.69) is 4.74 Å². The van der Waals surface area contributed by atoms with Crippen molar-refractivity contribution in [2.45, 2.75) is 29.5 Å². The molecule has 0 radical (unpaired) electrons. The lowest BCUT2D eigenvalue weighted by Gasteiger charge is -2.44. The molecule has 0 amide bonds. The highest BCUT2D eigenvalue weighted by Gasteiger charge is 2.61. The topological polar surface area (TPSA) is 211 Å². The van der Waals surface area contributed by atoms with Crippen LogP contribution in [0.1, 0.15) is 0 Å². The van der Waals surface area contributed by atoms with Gasteiger partial charge in [0.25, 0.3) is 0 Å². The highest BCUT2D eigenvalue weighted by molar-refractivity contribution is 7.87. The highest BCUT2D eigenvalue weighted by Crippen LogP contribution is 2.32. The summed E-state index contributed by atoms with van der Waals surface area (Å²) in [6.45, 7) is -1.06. The summed E-state index contributed by atoms with van der Waals surface area (Å²) in [5.74, 6) is 0. The van der Waals surface area contributed by atoms with Crippen LogP contribution >= 0.6 is 0 Å². The van der Waals surface area contributed by atoms with Gasteiger partial charge in [0.05, 0.1) is 6.61 Å². The molecule has 0 bridgehead atoms. The van der Waals surface area contributed by atoms with E-state index in [1.54, 1.807) is 0 Å². The van der Waals surface area contributed by atoms with Crippen LogP contribution in [0.5, 0.6) is 0 Å². The Morgan fingerprint density at radius 1 is 1.10 bits per heavy atom. The minimum atomic E-state index is -5.53. The van der Waals surface area contributed by atoms with Crippen molar-refractivity contribution < 1.29 is 51.1 Å². The summed E-state index contributed by atoms with van der Waals surface area (Å²) in [4.78, 5) is 0. The van der Waals surface area contributed by atoms with Gasteiger partial charge in [-0.2, -0.15) is 21.6 Å². The van der Waals surface area contributed by atoms with Gasteiger partial charge in [-0.3, -0.25) is 9.11 Å². The van der Waals surface area contributed by atoms with Crippen molar-refractivity contribution in [3.8, 4) is 0 Å². The molecule has 7 N–H and O–H groups in total. The molecule has 12 nitrogen and oxygen atoms in total. The van der Waals surface area contributed by atoms with E-state index in [4.69, 9.17) is 14.2 Å². The fourth-order valence-electron chi connectivity index (χ4n) is 1.66. The molecule has 1 aliphatic heterocycles. The first kappa shape index (κ1) is 17.6. The third kappa shape index (κ3) is 3.25. The van der Waals surface area contributed by atoms with Crippen molar-refractivity contribution in [1.82, 2.24) is 4.72 Å². The maximum Gasteiger partial charge on any atom is 0.333 e. The van der Waals surface area contributed by atoms with Crippen molar-refractivity contribution >= 4 is 20.4 Å². The predicted octanol–water partition coefficient (Wildman–Crippen LogP) is -4.61. The zero-order valence-corrected chi connectivity index (χ0v) is 11.2. The third-order valence-corrected chi connectivity index (χ3v) is 4.25. The number of nitrogens with one attached hydrogen (secondary N) is 1. The van der Waals surface area contributed by atoms with Crippen molar-refractivity contribution in [1.29, 1.82) is 0 Å². The van der Waals surface area contributed by atoms with Crippen LogP contribution < -0.4 is 4.72 Å². The molecule has 0 aliphatic carbocycles. The molecule has 20 heavy (non-hydrogen) atoms. The molecule has 0 saturated carbocycles. The van der Waals surface area contributed by atoms with Crippen molar-refractivity contribution in [3.05, 3.63) is 0 Å². The molecule has 14 heteroatoms. The van der Waals surface area contributed by atoms with E-state index in [0.717, 1.165) is 4.72 Å². The molecule has 0 aromatic carbocycles. The largest absolute Gasteiger partial charge is 0.394 e. The van der Waals surface area contributed by atoms with Gasteiger partial charge in [-0.1, -0.05) is 0 Å². The van der Waals surface area contributed by atoms with Crippen LogP contribution in [0.15, 0.2) is 0 Å². The molecule has 1 aliphatic rings. The summed E-state index contributed by atoms with van der Waals surface area (Å²) in [5.41, 5.74) is 0. The average Bonchev–Trinajstić information content (AvgIpc) is 2.26. The molecular formula is C6H13NO11S2. The van der Waals surface area contributed by atoms with Crippen LogP contribution in [-0.4, -0.2) is 82.4 Å². The van der Waals surface area contributed by atoms with E-state index in [1.165, 1.54) is 0 Å². The third-order valence-electron chi connectivity index (χ3n) is 2.61. The Morgan fingerprint density at radius 2 is 1.60 bits per heavy atom. The number of hydrogen-bond acceptors (Lipinski definition) is 9. The van der Waals surface area contributed by atoms with Crippen LogP contribution in [0, 0.1) is 0 Å². The fraction of sp³-hybridized carbons (Fsp3) is 1.00. The second kappa shape index (κ2) is 5.41. The summed E-state index contributed by atoms with van der Waals surface area (Å²) in [6.07, 6.45) is -6.17. The highest BCUT2D eigenvalue weighted by atomic mass is 32.2. The second-order valence-corrected chi connectivity index (χ2v) is 6.72. The van der Waals surface area contributed by atoms with E-state index in [0.29, 0.717) is 0 Å². The number of aliphatic hydroxyl groups is 4.